The summed E-state index contributed by atoms with van der Waals surface area (Å²) in [5.74, 6) is 0.426. The minimum atomic E-state index is 0.0926. The van der Waals surface area contributed by atoms with Crippen LogP contribution in [0.3, 0.4) is 0 Å². The average molecular weight is 382 g/mol. The van der Waals surface area contributed by atoms with Gasteiger partial charge in [0.1, 0.15) is 24.1 Å². The summed E-state index contributed by atoms with van der Waals surface area (Å²) in [4.78, 5) is 46.6. The van der Waals surface area contributed by atoms with Crippen molar-refractivity contribution in [3.63, 3.8) is 0 Å². The second-order valence-electron chi connectivity index (χ2n) is 3.31. The highest BCUT2D eigenvalue weighted by Crippen LogP contribution is 1.68. The number of hydrogen-bond donors (Lipinski definition) is 1. The van der Waals surface area contributed by atoms with Gasteiger partial charge in [-0.15, -0.1) is 0 Å². The SMILES string of the molecule is CC.CC.CC.CC(C)=O.CC(C)=O.CC=O.CC=O.CCC(=O)NC. The van der Waals surface area contributed by atoms with Crippen molar-refractivity contribution >= 4 is 30.0 Å². The fourth-order valence-corrected chi connectivity index (χ4v) is 0.177. The van der Waals surface area contributed by atoms with Crippen molar-refractivity contribution in [3.8, 4) is 0 Å². The predicted octanol–water partition coefficient (Wildman–Crippen LogP) is 4.82. The molecule has 0 saturated heterocycles. The Morgan fingerprint density at radius 3 is 0.808 bits per heavy atom. The van der Waals surface area contributed by atoms with Gasteiger partial charge in [-0.2, -0.15) is 0 Å². The van der Waals surface area contributed by atoms with E-state index < -0.39 is 0 Å². The molecule has 0 unspecified atom stereocenters. The molecule has 0 heterocycles. The third-order valence-corrected chi connectivity index (χ3v) is 0.600. The quantitative estimate of drug-likeness (QED) is 0.656. The van der Waals surface area contributed by atoms with Crippen molar-refractivity contribution in [3.05, 3.63) is 0 Å². The van der Waals surface area contributed by atoms with Crippen LogP contribution in [-0.4, -0.2) is 37.1 Å². The number of hydrogen-bond acceptors (Lipinski definition) is 5. The Morgan fingerprint density at radius 1 is 0.692 bits per heavy atom. The van der Waals surface area contributed by atoms with Gasteiger partial charge in [-0.3, -0.25) is 4.79 Å². The lowest BCUT2D eigenvalue weighted by atomic mass is 10.5. The number of Topliss-reactive ketones (excluding diaryl/α,β-unsaturated/α-hetero) is 2. The minimum Gasteiger partial charge on any atom is -0.359 e. The van der Waals surface area contributed by atoms with Crippen LogP contribution in [0.1, 0.15) is 96.4 Å². The lowest BCUT2D eigenvalue weighted by molar-refractivity contribution is -0.120. The zero-order valence-electron chi connectivity index (χ0n) is 19.9. The van der Waals surface area contributed by atoms with Crippen LogP contribution in [0.15, 0.2) is 0 Å². The third-order valence-electron chi connectivity index (χ3n) is 0.600. The Balaban J connectivity index is -0.0000000246. The molecule has 0 fully saturated rings. The van der Waals surface area contributed by atoms with Gasteiger partial charge in [-0.25, -0.2) is 0 Å². The summed E-state index contributed by atoms with van der Waals surface area (Å²) in [6.07, 6.45) is 2.08. The Bertz CT molecular complexity index is 221. The van der Waals surface area contributed by atoms with Gasteiger partial charge >= 0.3 is 0 Å². The topological polar surface area (TPSA) is 97.4 Å². The maximum Gasteiger partial charge on any atom is 0.219 e. The highest BCUT2D eigenvalue weighted by molar-refractivity contribution is 5.75. The monoisotopic (exact) mass is 381 g/mol. The van der Waals surface area contributed by atoms with Crippen molar-refractivity contribution in [1.29, 1.82) is 0 Å². The summed E-state index contributed by atoms with van der Waals surface area (Å²) < 4.78 is 0. The predicted molar refractivity (Wildman–Crippen MR) is 115 cm³/mol. The fraction of sp³-hybridized carbons (Fsp3) is 0.750. The van der Waals surface area contributed by atoms with E-state index in [0.717, 1.165) is 12.6 Å². The molecule has 6 nitrogen and oxygen atoms in total. The van der Waals surface area contributed by atoms with E-state index in [1.807, 2.05) is 48.5 Å². The standard InChI is InChI=1S/C4H9NO.2C3H6O.2C2H4O.3C2H6/c1-3-4(6)5-2;2*1-3(2)4;2*1-2-3;3*1-2/h3H2,1-2H3,(H,5,6);2*1-2H3;2*2H,1H3;3*1-2H3. The van der Waals surface area contributed by atoms with Crippen molar-refractivity contribution in [2.45, 2.75) is 96.4 Å². The van der Waals surface area contributed by atoms with Crippen molar-refractivity contribution in [1.82, 2.24) is 5.32 Å². The summed E-state index contributed by atoms with van der Waals surface area (Å²) >= 11 is 0. The first-order chi connectivity index (χ1) is 12.1. The molecule has 0 atom stereocenters. The summed E-state index contributed by atoms with van der Waals surface area (Å²) in [6, 6.07) is 0. The van der Waals surface area contributed by atoms with Gasteiger partial charge in [0.25, 0.3) is 0 Å². The number of ketones is 2. The molecule has 0 aromatic heterocycles. The van der Waals surface area contributed by atoms with Crippen LogP contribution in [0.2, 0.25) is 0 Å². The molecule has 0 radical (unpaired) electrons. The maximum absolute atomic E-state index is 10.1. The number of rotatable bonds is 1. The molecule has 1 amide bonds. The molecule has 0 aliphatic heterocycles. The van der Waals surface area contributed by atoms with E-state index in [1.54, 1.807) is 7.05 Å². The molecular weight excluding hydrogens is 334 g/mol. The maximum atomic E-state index is 10.1. The molecule has 0 aromatic rings. The minimum absolute atomic E-state index is 0.0926. The van der Waals surface area contributed by atoms with Crippen molar-refractivity contribution in [2.75, 3.05) is 7.05 Å². The summed E-state index contributed by atoms with van der Waals surface area (Å²) in [6.45, 7) is 22.8. The number of nitrogens with one attached hydrogen (secondary N) is 1. The third kappa shape index (κ3) is 2140. The Morgan fingerprint density at radius 2 is 0.808 bits per heavy atom. The second kappa shape index (κ2) is 91.4. The van der Waals surface area contributed by atoms with Crippen LogP contribution in [0, 0.1) is 0 Å². The van der Waals surface area contributed by atoms with Gasteiger partial charge in [0.15, 0.2) is 0 Å². The lowest BCUT2D eigenvalue weighted by Gasteiger charge is -1.87. The summed E-state index contributed by atoms with van der Waals surface area (Å²) in [7, 11) is 1.63. The van der Waals surface area contributed by atoms with Crippen LogP contribution < -0.4 is 5.32 Å². The molecule has 0 rings (SSSR count). The molecule has 0 bridgehead atoms. The van der Waals surface area contributed by atoms with E-state index in [0.29, 0.717) is 6.42 Å². The first-order valence-corrected chi connectivity index (χ1v) is 9.05. The van der Waals surface area contributed by atoms with E-state index in [1.165, 1.54) is 41.5 Å². The van der Waals surface area contributed by atoms with Gasteiger partial charge in [-0.1, -0.05) is 48.5 Å². The highest BCUT2D eigenvalue weighted by Gasteiger charge is 1.84. The normalized spacial score (nSPS) is 5.46. The number of aldehydes is 2. The van der Waals surface area contributed by atoms with Crippen LogP contribution in [0.25, 0.3) is 0 Å². The molecule has 26 heavy (non-hydrogen) atoms. The van der Waals surface area contributed by atoms with Crippen LogP contribution in [0.5, 0.6) is 0 Å². The smallest absolute Gasteiger partial charge is 0.219 e. The Hall–Kier alpha value is -1.85. The highest BCUT2D eigenvalue weighted by atomic mass is 16.1. The van der Waals surface area contributed by atoms with Crippen LogP contribution in [0.4, 0.5) is 0 Å². The molecule has 0 aliphatic carbocycles. The average Bonchev–Trinajstić information content (AvgIpc) is 2.60. The van der Waals surface area contributed by atoms with Crippen LogP contribution in [-0.2, 0) is 24.0 Å². The molecule has 6 heteroatoms. The van der Waals surface area contributed by atoms with Gasteiger partial charge in [0.05, 0.1) is 0 Å². The van der Waals surface area contributed by atoms with Crippen molar-refractivity contribution < 1.29 is 24.0 Å². The van der Waals surface area contributed by atoms with Gasteiger partial charge in [-0.05, 0) is 41.5 Å². The molecule has 0 aromatic carbocycles. The first-order valence-electron chi connectivity index (χ1n) is 9.05. The van der Waals surface area contributed by atoms with Gasteiger partial charge in [0, 0.05) is 13.5 Å². The fourth-order valence-electron chi connectivity index (χ4n) is 0.177. The molecular formula is C20H47NO5. The first kappa shape index (κ1) is 49.6. The zero-order chi connectivity index (χ0) is 23.6. The van der Waals surface area contributed by atoms with Gasteiger partial charge < -0.3 is 24.5 Å². The van der Waals surface area contributed by atoms with Gasteiger partial charge in [0.2, 0.25) is 5.91 Å². The molecule has 0 aliphatic rings. The molecule has 1 N–H and O–H groups in total. The summed E-state index contributed by atoms with van der Waals surface area (Å²) in [5.41, 5.74) is 0. The number of carbonyl (C=O) groups excluding carboxylic acids is 5. The molecule has 0 spiro atoms. The van der Waals surface area contributed by atoms with E-state index in [-0.39, 0.29) is 17.5 Å². The summed E-state index contributed by atoms with van der Waals surface area (Å²) in [5, 5.41) is 2.48. The Kier molecular flexibility index (Phi) is 174. The Labute approximate surface area is 163 Å². The lowest BCUT2D eigenvalue weighted by Crippen LogP contribution is -2.15. The van der Waals surface area contributed by atoms with E-state index in [2.05, 4.69) is 5.32 Å². The number of amides is 1. The van der Waals surface area contributed by atoms with Crippen LogP contribution >= 0.6 is 0 Å². The van der Waals surface area contributed by atoms with E-state index in [4.69, 9.17) is 9.59 Å². The second-order valence-corrected chi connectivity index (χ2v) is 3.31. The largest absolute Gasteiger partial charge is 0.359 e. The molecule has 162 valence electrons. The number of carbonyl (C=O) groups is 5. The zero-order valence-corrected chi connectivity index (χ0v) is 19.9. The molecule has 0 saturated carbocycles. The van der Waals surface area contributed by atoms with E-state index >= 15 is 0 Å². The van der Waals surface area contributed by atoms with Crippen molar-refractivity contribution in [2.24, 2.45) is 0 Å². The van der Waals surface area contributed by atoms with E-state index in [9.17, 15) is 14.4 Å².